The van der Waals surface area contributed by atoms with Gasteiger partial charge in [-0.05, 0) is 30.5 Å². The molecule has 0 radical (unpaired) electrons. The van der Waals surface area contributed by atoms with Crippen molar-refractivity contribution in [3.63, 3.8) is 0 Å². The van der Waals surface area contributed by atoms with Gasteiger partial charge in [0, 0.05) is 22.9 Å². The van der Waals surface area contributed by atoms with Gasteiger partial charge in [0.2, 0.25) is 11.7 Å². The molecule has 7 heteroatoms. The number of hydrogen-bond acceptors (Lipinski definition) is 6. The van der Waals surface area contributed by atoms with Gasteiger partial charge in [-0.1, -0.05) is 23.4 Å². The number of carbonyl (C=O) groups excluding carboxylic acids is 1. The number of nitrogens with one attached hydrogen (secondary N) is 1. The first-order valence-corrected chi connectivity index (χ1v) is 8.29. The lowest BCUT2D eigenvalue weighted by atomic mass is 10.0. The summed E-state index contributed by atoms with van der Waals surface area (Å²) in [6.45, 7) is 3.51. The molecule has 1 amide bonds. The molecule has 1 unspecified atom stereocenters. The molecular formula is C17H17N3O3S. The Morgan fingerprint density at radius 1 is 1.38 bits per heavy atom. The smallest absolute Gasteiger partial charge is 0.251 e. The Kier molecular flexibility index (Phi) is 4.46. The summed E-state index contributed by atoms with van der Waals surface area (Å²) >= 11 is 1.45. The van der Waals surface area contributed by atoms with Crippen LogP contribution in [-0.2, 0) is 5.60 Å². The molecule has 1 atom stereocenters. The lowest BCUT2D eigenvalue weighted by molar-refractivity contribution is 0.0557. The number of amides is 1. The number of thiophene rings is 1. The molecule has 124 valence electrons. The number of rotatable bonds is 5. The first-order chi connectivity index (χ1) is 11.5. The highest BCUT2D eigenvalue weighted by atomic mass is 32.1. The van der Waals surface area contributed by atoms with Gasteiger partial charge in [0.15, 0.2) is 0 Å². The number of aromatic nitrogens is 2. The fourth-order valence-electron chi connectivity index (χ4n) is 2.24. The summed E-state index contributed by atoms with van der Waals surface area (Å²) < 4.78 is 4.96. The molecule has 1 aromatic carbocycles. The van der Waals surface area contributed by atoms with E-state index in [0.717, 1.165) is 4.88 Å². The summed E-state index contributed by atoms with van der Waals surface area (Å²) in [5, 5.41) is 19.0. The topological polar surface area (TPSA) is 88.2 Å². The van der Waals surface area contributed by atoms with Gasteiger partial charge >= 0.3 is 0 Å². The highest BCUT2D eigenvalue weighted by Gasteiger charge is 2.25. The number of aryl methyl sites for hydroxylation is 1. The number of aliphatic hydroxyl groups is 1. The van der Waals surface area contributed by atoms with Crippen molar-refractivity contribution in [1.82, 2.24) is 15.5 Å². The van der Waals surface area contributed by atoms with Gasteiger partial charge in [-0.15, -0.1) is 11.3 Å². The molecule has 2 N–H and O–H groups in total. The van der Waals surface area contributed by atoms with Crippen LogP contribution in [0.5, 0.6) is 0 Å². The Hall–Kier alpha value is -2.51. The van der Waals surface area contributed by atoms with E-state index in [1.54, 1.807) is 32.0 Å². The summed E-state index contributed by atoms with van der Waals surface area (Å²) in [6, 6.07) is 10.7. The number of benzene rings is 1. The van der Waals surface area contributed by atoms with Gasteiger partial charge < -0.3 is 14.9 Å². The van der Waals surface area contributed by atoms with Crippen LogP contribution in [0.4, 0.5) is 0 Å². The monoisotopic (exact) mass is 343 g/mol. The Morgan fingerprint density at radius 2 is 2.21 bits per heavy atom. The van der Waals surface area contributed by atoms with Crippen molar-refractivity contribution in [2.45, 2.75) is 19.4 Å². The highest BCUT2D eigenvalue weighted by molar-refractivity contribution is 7.10. The van der Waals surface area contributed by atoms with Crippen molar-refractivity contribution in [3.05, 3.63) is 58.1 Å². The average molecular weight is 343 g/mol. The maximum absolute atomic E-state index is 12.4. The average Bonchev–Trinajstić information content (AvgIpc) is 3.24. The number of nitrogens with zero attached hydrogens (tertiary/aromatic N) is 2. The van der Waals surface area contributed by atoms with Crippen molar-refractivity contribution in [1.29, 1.82) is 0 Å². The van der Waals surface area contributed by atoms with E-state index < -0.39 is 5.60 Å². The molecule has 0 aliphatic heterocycles. The van der Waals surface area contributed by atoms with Gasteiger partial charge in [-0.2, -0.15) is 4.98 Å². The van der Waals surface area contributed by atoms with E-state index >= 15 is 0 Å². The zero-order valence-electron chi connectivity index (χ0n) is 13.3. The van der Waals surface area contributed by atoms with Gasteiger partial charge in [0.1, 0.15) is 5.60 Å². The lowest BCUT2D eigenvalue weighted by Crippen LogP contribution is -2.38. The molecule has 0 aliphatic rings. The van der Waals surface area contributed by atoms with Gasteiger partial charge in [0.25, 0.3) is 5.91 Å². The predicted molar refractivity (Wildman–Crippen MR) is 90.7 cm³/mol. The van der Waals surface area contributed by atoms with Crippen LogP contribution in [-0.4, -0.2) is 27.7 Å². The van der Waals surface area contributed by atoms with Crippen LogP contribution in [0, 0.1) is 6.92 Å². The first-order valence-electron chi connectivity index (χ1n) is 7.41. The molecule has 0 saturated carbocycles. The summed E-state index contributed by atoms with van der Waals surface area (Å²) in [5.74, 6) is 0.633. The van der Waals surface area contributed by atoms with Crippen LogP contribution < -0.4 is 5.32 Å². The second-order valence-corrected chi connectivity index (χ2v) is 6.60. The van der Waals surface area contributed by atoms with Crippen LogP contribution in [0.3, 0.4) is 0 Å². The zero-order valence-corrected chi connectivity index (χ0v) is 14.1. The van der Waals surface area contributed by atoms with Crippen molar-refractivity contribution >= 4 is 17.2 Å². The molecule has 0 spiro atoms. The molecule has 3 aromatic rings. The molecule has 24 heavy (non-hydrogen) atoms. The standard InChI is InChI=1S/C17H17N3O3S/c1-11-19-15(20-23-11)12-5-3-6-13(9-12)16(21)18-10-17(2,22)14-7-4-8-24-14/h3-9,22H,10H2,1-2H3,(H,18,21). The van der Waals surface area contributed by atoms with E-state index in [9.17, 15) is 9.90 Å². The third kappa shape index (κ3) is 3.52. The lowest BCUT2D eigenvalue weighted by Gasteiger charge is -2.22. The molecule has 6 nitrogen and oxygen atoms in total. The predicted octanol–water partition coefficient (Wildman–Crippen LogP) is 2.74. The molecule has 2 heterocycles. The molecule has 0 fully saturated rings. The van der Waals surface area contributed by atoms with Crippen LogP contribution in [0.2, 0.25) is 0 Å². The summed E-state index contributed by atoms with van der Waals surface area (Å²) in [4.78, 5) is 17.3. The van der Waals surface area contributed by atoms with Gasteiger partial charge in [-0.25, -0.2) is 0 Å². The van der Waals surface area contributed by atoms with Crippen molar-refractivity contribution in [3.8, 4) is 11.4 Å². The third-order valence-corrected chi connectivity index (χ3v) is 4.68. The van der Waals surface area contributed by atoms with E-state index in [1.807, 2.05) is 23.6 Å². The van der Waals surface area contributed by atoms with Crippen molar-refractivity contribution < 1.29 is 14.4 Å². The molecule has 2 aromatic heterocycles. The van der Waals surface area contributed by atoms with E-state index in [2.05, 4.69) is 15.5 Å². The Bertz CT molecular complexity index is 840. The quantitative estimate of drug-likeness (QED) is 0.744. The SMILES string of the molecule is Cc1nc(-c2cccc(C(=O)NCC(C)(O)c3cccs3)c2)no1. The minimum Gasteiger partial charge on any atom is -0.383 e. The fourth-order valence-corrected chi connectivity index (χ4v) is 3.03. The third-order valence-electron chi connectivity index (χ3n) is 3.56. The molecular weight excluding hydrogens is 326 g/mol. The fraction of sp³-hybridized carbons (Fsp3) is 0.235. The zero-order chi connectivity index (χ0) is 17.2. The second kappa shape index (κ2) is 6.54. The van der Waals surface area contributed by atoms with E-state index in [0.29, 0.717) is 22.8 Å². The minimum absolute atomic E-state index is 0.123. The van der Waals surface area contributed by atoms with Gasteiger partial charge in [-0.3, -0.25) is 4.79 Å². The molecule has 3 rings (SSSR count). The van der Waals surface area contributed by atoms with E-state index in [4.69, 9.17) is 4.52 Å². The van der Waals surface area contributed by atoms with Crippen LogP contribution in [0.15, 0.2) is 46.3 Å². The molecule has 0 aliphatic carbocycles. The van der Waals surface area contributed by atoms with Gasteiger partial charge in [0.05, 0.1) is 6.54 Å². The minimum atomic E-state index is -1.10. The molecule has 0 bridgehead atoms. The number of hydrogen-bond donors (Lipinski definition) is 2. The van der Waals surface area contributed by atoms with Crippen LogP contribution >= 0.6 is 11.3 Å². The maximum atomic E-state index is 12.4. The Labute approximate surface area is 143 Å². The second-order valence-electron chi connectivity index (χ2n) is 5.65. The maximum Gasteiger partial charge on any atom is 0.251 e. The first kappa shape index (κ1) is 16.4. The molecule has 0 saturated heterocycles. The largest absolute Gasteiger partial charge is 0.383 e. The Balaban J connectivity index is 1.71. The van der Waals surface area contributed by atoms with Crippen molar-refractivity contribution in [2.75, 3.05) is 6.54 Å². The highest BCUT2D eigenvalue weighted by Crippen LogP contribution is 2.24. The van der Waals surface area contributed by atoms with Crippen molar-refractivity contribution in [2.24, 2.45) is 0 Å². The normalized spacial score (nSPS) is 13.5. The van der Waals surface area contributed by atoms with E-state index in [-0.39, 0.29) is 12.5 Å². The van der Waals surface area contributed by atoms with Crippen LogP contribution in [0.1, 0.15) is 28.0 Å². The van der Waals surface area contributed by atoms with Crippen LogP contribution in [0.25, 0.3) is 11.4 Å². The summed E-state index contributed by atoms with van der Waals surface area (Å²) in [6.07, 6.45) is 0. The summed E-state index contributed by atoms with van der Waals surface area (Å²) in [5.41, 5.74) is 0.0631. The number of carbonyl (C=O) groups is 1. The Morgan fingerprint density at radius 3 is 2.88 bits per heavy atom. The summed E-state index contributed by atoms with van der Waals surface area (Å²) in [7, 11) is 0. The van der Waals surface area contributed by atoms with E-state index in [1.165, 1.54) is 11.3 Å².